The number of esters is 4. The van der Waals surface area contributed by atoms with Crippen molar-refractivity contribution >= 4 is 39.5 Å². The first-order chi connectivity index (χ1) is 43.4. The molecule has 0 spiro atoms. The first kappa shape index (κ1) is 88.1. The minimum Gasteiger partial charge on any atom is -0.462 e. The van der Waals surface area contributed by atoms with Crippen LogP contribution in [0.15, 0.2) is 0 Å². The zero-order valence-corrected chi connectivity index (χ0v) is 60.2. The molecule has 90 heavy (non-hydrogen) atoms. The Morgan fingerprint density at radius 3 is 0.844 bits per heavy atom. The van der Waals surface area contributed by atoms with Gasteiger partial charge >= 0.3 is 39.5 Å². The van der Waals surface area contributed by atoms with Crippen molar-refractivity contribution in [2.45, 2.75) is 381 Å². The van der Waals surface area contributed by atoms with Gasteiger partial charge in [0, 0.05) is 25.7 Å². The van der Waals surface area contributed by atoms with Crippen LogP contribution in [0.4, 0.5) is 0 Å². The molecule has 17 nitrogen and oxygen atoms in total. The van der Waals surface area contributed by atoms with E-state index in [0.717, 1.165) is 102 Å². The molecule has 3 unspecified atom stereocenters. The molecule has 0 aromatic rings. The van der Waals surface area contributed by atoms with E-state index < -0.39 is 97.5 Å². The van der Waals surface area contributed by atoms with Crippen LogP contribution in [-0.2, 0) is 65.4 Å². The summed E-state index contributed by atoms with van der Waals surface area (Å²) in [7, 11) is -9.90. The van der Waals surface area contributed by atoms with Crippen molar-refractivity contribution in [2.75, 3.05) is 39.6 Å². The predicted octanol–water partition coefficient (Wildman–Crippen LogP) is 20.4. The molecule has 19 heteroatoms. The van der Waals surface area contributed by atoms with Crippen LogP contribution in [0, 0.1) is 11.8 Å². The Kier molecular flexibility index (Phi) is 61.8. The van der Waals surface area contributed by atoms with Crippen molar-refractivity contribution in [1.82, 2.24) is 0 Å². The van der Waals surface area contributed by atoms with Crippen molar-refractivity contribution < 1.29 is 80.2 Å². The van der Waals surface area contributed by atoms with Crippen molar-refractivity contribution in [2.24, 2.45) is 11.8 Å². The molecule has 0 aliphatic carbocycles. The van der Waals surface area contributed by atoms with Crippen LogP contribution < -0.4 is 0 Å². The number of phosphoric acid groups is 2. The van der Waals surface area contributed by atoms with E-state index in [1.54, 1.807) is 0 Å². The van der Waals surface area contributed by atoms with Gasteiger partial charge in [0.25, 0.3) is 0 Å². The van der Waals surface area contributed by atoms with Crippen molar-refractivity contribution in [3.05, 3.63) is 0 Å². The van der Waals surface area contributed by atoms with Gasteiger partial charge in [-0.2, -0.15) is 0 Å². The molecule has 534 valence electrons. The number of unbranched alkanes of at least 4 members (excludes halogenated alkanes) is 39. The van der Waals surface area contributed by atoms with Gasteiger partial charge in [-0.15, -0.1) is 0 Å². The van der Waals surface area contributed by atoms with E-state index in [1.807, 2.05) is 0 Å². The molecule has 0 aliphatic rings. The van der Waals surface area contributed by atoms with E-state index in [0.29, 0.717) is 31.6 Å². The molecule has 0 saturated carbocycles. The lowest BCUT2D eigenvalue weighted by atomic mass is 10.00. The van der Waals surface area contributed by atoms with E-state index in [9.17, 15) is 43.2 Å². The molecule has 0 bridgehead atoms. The molecular weight excluding hydrogens is 1190 g/mol. The Morgan fingerprint density at radius 1 is 0.322 bits per heavy atom. The van der Waals surface area contributed by atoms with Crippen LogP contribution in [0.25, 0.3) is 0 Å². The number of aliphatic hydroxyl groups excluding tert-OH is 1. The lowest BCUT2D eigenvalue weighted by Gasteiger charge is -2.21. The highest BCUT2D eigenvalue weighted by atomic mass is 31.2. The highest BCUT2D eigenvalue weighted by molar-refractivity contribution is 7.47. The summed E-state index contributed by atoms with van der Waals surface area (Å²) in [4.78, 5) is 72.6. The minimum atomic E-state index is -4.95. The summed E-state index contributed by atoms with van der Waals surface area (Å²) >= 11 is 0. The summed E-state index contributed by atoms with van der Waals surface area (Å²) in [6.07, 6.45) is 48.7. The Bertz CT molecular complexity index is 1750. The zero-order chi connectivity index (χ0) is 66.5. The Hall–Kier alpha value is -1.94. The summed E-state index contributed by atoms with van der Waals surface area (Å²) < 4.78 is 68.3. The first-order valence-electron chi connectivity index (χ1n) is 37.0. The molecule has 0 radical (unpaired) electrons. The standard InChI is InChI=1S/C71H138O17P2/c1-7-10-12-14-16-18-20-22-24-26-28-30-34-41-47-53-68(73)81-59-66(87-70(75)55-49-43-35-31-29-27-25-23-21-19-17-15-13-11-8-2)61-85-89(77,78)83-57-65(72)58-84-90(79,80)86-62-67(88-71(76)56-50-44-36-32-33-39-45-51-63(4)5)60-82-69(74)54-48-42-38-37-40-46-52-64(6)9-3/h63-67,72H,7-62H2,1-6H3,(H,77,78)(H,79,80)/t64?,65-,66-,67-/m1/s1. The van der Waals surface area contributed by atoms with Gasteiger partial charge in [-0.25, -0.2) is 9.13 Å². The van der Waals surface area contributed by atoms with E-state index in [1.165, 1.54) is 173 Å². The third-order valence-electron chi connectivity index (χ3n) is 16.8. The molecular formula is C71H138O17P2. The Balaban J connectivity index is 5.24. The summed E-state index contributed by atoms with van der Waals surface area (Å²) in [6, 6.07) is 0. The van der Waals surface area contributed by atoms with E-state index in [2.05, 4.69) is 41.5 Å². The molecule has 6 atom stereocenters. The maximum absolute atomic E-state index is 13.0. The number of carbonyl (C=O) groups excluding carboxylic acids is 4. The highest BCUT2D eigenvalue weighted by Crippen LogP contribution is 2.45. The average molecular weight is 1330 g/mol. The first-order valence-corrected chi connectivity index (χ1v) is 40.0. The van der Waals surface area contributed by atoms with E-state index >= 15 is 0 Å². The normalized spacial score (nSPS) is 14.4. The molecule has 0 saturated heterocycles. The number of rotatable bonds is 70. The van der Waals surface area contributed by atoms with Gasteiger partial charge in [0.15, 0.2) is 12.2 Å². The van der Waals surface area contributed by atoms with E-state index in [4.69, 9.17) is 37.0 Å². The second kappa shape index (κ2) is 63.1. The lowest BCUT2D eigenvalue weighted by molar-refractivity contribution is -0.161. The molecule has 0 aliphatic heterocycles. The molecule has 0 rings (SSSR count). The maximum atomic E-state index is 13.0. The van der Waals surface area contributed by atoms with E-state index in [-0.39, 0.29) is 25.7 Å². The predicted molar refractivity (Wildman–Crippen MR) is 363 cm³/mol. The Labute approximate surface area is 549 Å². The van der Waals surface area contributed by atoms with Gasteiger partial charge in [0.2, 0.25) is 0 Å². The third kappa shape index (κ3) is 63.5. The number of ether oxygens (including phenoxy) is 4. The summed E-state index contributed by atoms with van der Waals surface area (Å²) in [5, 5.41) is 10.6. The van der Waals surface area contributed by atoms with Gasteiger partial charge in [0.05, 0.1) is 26.4 Å². The van der Waals surface area contributed by atoms with Gasteiger partial charge < -0.3 is 33.8 Å². The lowest BCUT2D eigenvalue weighted by Crippen LogP contribution is -2.30. The topological polar surface area (TPSA) is 237 Å². The zero-order valence-electron chi connectivity index (χ0n) is 58.4. The van der Waals surface area contributed by atoms with Gasteiger partial charge in [-0.3, -0.25) is 37.3 Å². The number of hydrogen-bond donors (Lipinski definition) is 3. The SMILES string of the molecule is CCCCCCCCCCCCCCCCCC(=O)OC[C@H](COP(=O)(O)OC[C@@H](O)COP(=O)(O)OC[C@@H](COC(=O)CCCCCCCCC(C)CC)OC(=O)CCCCCCCCCC(C)C)OC(=O)CCCCCCCCCCCCCCCCC. The molecule has 0 heterocycles. The number of phosphoric ester groups is 2. The number of carbonyl (C=O) groups is 4. The minimum absolute atomic E-state index is 0.103. The van der Waals surface area contributed by atoms with Crippen LogP contribution in [0.1, 0.15) is 363 Å². The third-order valence-corrected chi connectivity index (χ3v) is 18.7. The van der Waals surface area contributed by atoms with Gasteiger partial charge in [-0.05, 0) is 37.5 Å². The van der Waals surface area contributed by atoms with Gasteiger partial charge in [-0.1, -0.05) is 311 Å². The quantitative estimate of drug-likeness (QED) is 0.0222. The largest absolute Gasteiger partial charge is 0.472 e. The van der Waals surface area contributed by atoms with Crippen LogP contribution in [0.3, 0.4) is 0 Å². The van der Waals surface area contributed by atoms with Crippen LogP contribution in [-0.4, -0.2) is 96.7 Å². The fourth-order valence-corrected chi connectivity index (χ4v) is 12.3. The second-order valence-electron chi connectivity index (χ2n) is 26.3. The van der Waals surface area contributed by atoms with Crippen molar-refractivity contribution in [3.63, 3.8) is 0 Å². The average Bonchev–Trinajstić information content (AvgIpc) is 2.98. The van der Waals surface area contributed by atoms with Crippen LogP contribution in [0.2, 0.25) is 0 Å². The summed E-state index contributed by atoms with van der Waals surface area (Å²) in [5.74, 6) is -0.698. The fourth-order valence-electron chi connectivity index (χ4n) is 10.7. The second-order valence-corrected chi connectivity index (χ2v) is 29.3. The van der Waals surface area contributed by atoms with Crippen molar-refractivity contribution in [1.29, 1.82) is 0 Å². The molecule has 0 aromatic heterocycles. The molecule has 3 N–H and O–H groups in total. The Morgan fingerprint density at radius 2 is 0.567 bits per heavy atom. The molecule has 0 fully saturated rings. The van der Waals surface area contributed by atoms with Crippen molar-refractivity contribution in [3.8, 4) is 0 Å². The highest BCUT2D eigenvalue weighted by Gasteiger charge is 2.30. The maximum Gasteiger partial charge on any atom is 0.472 e. The molecule has 0 aromatic carbocycles. The summed E-state index contributed by atoms with van der Waals surface area (Å²) in [6.45, 7) is 9.46. The smallest absolute Gasteiger partial charge is 0.462 e. The molecule has 0 amide bonds. The van der Waals surface area contributed by atoms with Gasteiger partial charge in [0.1, 0.15) is 19.3 Å². The number of hydrogen-bond acceptors (Lipinski definition) is 15. The number of aliphatic hydroxyl groups is 1. The van der Waals surface area contributed by atoms with Crippen LogP contribution >= 0.6 is 15.6 Å². The summed E-state index contributed by atoms with van der Waals surface area (Å²) in [5.41, 5.74) is 0. The van der Waals surface area contributed by atoms with Crippen LogP contribution in [0.5, 0.6) is 0 Å². The monoisotopic (exact) mass is 1320 g/mol. The fraction of sp³-hybridized carbons (Fsp3) is 0.944.